The predicted octanol–water partition coefficient (Wildman–Crippen LogP) is 3.49. The zero-order valence-electron chi connectivity index (χ0n) is 10.4. The van der Waals surface area contributed by atoms with Gasteiger partial charge in [0.2, 0.25) is 0 Å². The highest BCUT2D eigenvalue weighted by atomic mass is 32.5. The van der Waals surface area contributed by atoms with Crippen LogP contribution in [0.4, 0.5) is 0 Å². The predicted molar refractivity (Wildman–Crippen MR) is 70.7 cm³/mol. The minimum atomic E-state index is -2.69. The van der Waals surface area contributed by atoms with Gasteiger partial charge in [-0.25, -0.2) is 0 Å². The summed E-state index contributed by atoms with van der Waals surface area (Å²) in [6.45, 7) is 5.37. The summed E-state index contributed by atoms with van der Waals surface area (Å²) in [5.41, 5.74) is 0. The van der Waals surface area contributed by atoms with E-state index in [1.54, 1.807) is 0 Å². The number of hydrogen-bond donors (Lipinski definition) is 0. The van der Waals surface area contributed by atoms with Crippen LogP contribution in [0.15, 0.2) is 0 Å². The number of terminal acetylenes is 1. The normalized spacial score (nSPS) is 18.4. The fourth-order valence-electron chi connectivity index (χ4n) is 0.792. The van der Waals surface area contributed by atoms with Crippen LogP contribution in [-0.4, -0.2) is 18.8 Å². The highest BCUT2D eigenvalue weighted by Gasteiger charge is 2.25. The zero-order valence-corrected chi connectivity index (χ0v) is 12.1. The van der Waals surface area contributed by atoms with E-state index >= 15 is 0 Å². The first kappa shape index (κ1) is 16.1. The quantitative estimate of drug-likeness (QED) is 0.495. The largest absolute Gasteiger partial charge is 0.328 e. The van der Waals surface area contributed by atoms with E-state index in [0.29, 0.717) is 0 Å². The second kappa shape index (κ2) is 8.22. The molecule has 0 heterocycles. The van der Waals surface area contributed by atoms with Gasteiger partial charge in [-0.3, -0.25) is 4.52 Å². The lowest BCUT2D eigenvalue weighted by molar-refractivity contribution is 0.101. The maximum Gasteiger partial charge on any atom is 0.328 e. The summed E-state index contributed by atoms with van der Waals surface area (Å²) in [4.78, 5) is 0. The van der Waals surface area contributed by atoms with Crippen LogP contribution in [-0.2, 0) is 25.4 Å². The third-order valence-corrected chi connectivity index (χ3v) is 4.59. The zero-order chi connectivity index (χ0) is 12.6. The van der Waals surface area contributed by atoms with Gasteiger partial charge in [0, 0.05) is 0 Å². The molecule has 3 nitrogen and oxygen atoms in total. The van der Waals surface area contributed by atoms with E-state index in [2.05, 4.69) is 5.92 Å². The molecule has 0 bridgehead atoms. The summed E-state index contributed by atoms with van der Waals surface area (Å²) in [5, 5.41) is 0. The van der Waals surface area contributed by atoms with Crippen LogP contribution in [0, 0.1) is 12.3 Å². The van der Waals surface area contributed by atoms with Crippen molar-refractivity contribution in [2.45, 2.75) is 52.7 Å². The van der Waals surface area contributed by atoms with Crippen LogP contribution in [0.25, 0.3) is 0 Å². The van der Waals surface area contributed by atoms with E-state index in [1.165, 1.54) is 0 Å². The van der Waals surface area contributed by atoms with Crippen molar-refractivity contribution >= 4 is 18.5 Å². The van der Waals surface area contributed by atoms with Crippen LogP contribution in [0.5, 0.6) is 0 Å². The summed E-state index contributed by atoms with van der Waals surface area (Å²) < 4.78 is 16.7. The second-order valence-electron chi connectivity index (χ2n) is 3.57. The van der Waals surface area contributed by atoms with Gasteiger partial charge in [0.15, 0.2) is 0 Å². The third kappa shape index (κ3) is 6.62. The molecule has 0 saturated carbocycles. The van der Waals surface area contributed by atoms with Crippen LogP contribution >= 0.6 is 6.72 Å². The molecule has 0 saturated heterocycles. The van der Waals surface area contributed by atoms with Crippen molar-refractivity contribution in [2.24, 2.45) is 0 Å². The lowest BCUT2D eigenvalue weighted by atomic mass is 10.3. The molecular weight excluding hydrogens is 243 g/mol. The van der Waals surface area contributed by atoms with E-state index in [0.717, 1.165) is 12.8 Å². The van der Waals surface area contributed by atoms with Gasteiger partial charge >= 0.3 is 6.72 Å². The Kier molecular flexibility index (Phi) is 8.27. The van der Waals surface area contributed by atoms with Crippen molar-refractivity contribution in [3.8, 4) is 12.3 Å². The maximum absolute atomic E-state index is 5.65. The van der Waals surface area contributed by atoms with Crippen LogP contribution in [0.3, 0.4) is 0 Å². The molecule has 16 heavy (non-hydrogen) atoms. The molecule has 0 fully saturated rings. The Morgan fingerprint density at radius 1 is 1.19 bits per heavy atom. The molecule has 0 radical (unpaired) electrons. The van der Waals surface area contributed by atoms with Crippen LogP contribution < -0.4 is 0 Å². The average molecular weight is 264 g/mol. The Morgan fingerprint density at radius 3 is 1.94 bits per heavy atom. The maximum atomic E-state index is 5.65. The van der Waals surface area contributed by atoms with Gasteiger partial charge in [-0.2, -0.15) is 0 Å². The molecule has 94 valence electrons. The SMILES string of the molecule is C#CCOP(=S)(OC(C)CC)OC(C)CC. The fourth-order valence-corrected chi connectivity index (χ4v) is 3.42. The van der Waals surface area contributed by atoms with Gasteiger partial charge in [-0.05, 0) is 38.5 Å². The molecule has 0 aliphatic carbocycles. The minimum absolute atomic E-state index is 0.0210. The molecule has 0 spiro atoms. The fraction of sp³-hybridized carbons (Fsp3) is 0.818. The van der Waals surface area contributed by atoms with E-state index < -0.39 is 6.72 Å². The standard InChI is InChI=1S/C11H21O3PS/c1-6-9-12-15(16,13-10(4)7-2)14-11(5)8-3/h1,10-11H,7-9H2,2-5H3. The van der Waals surface area contributed by atoms with Crippen molar-refractivity contribution in [1.82, 2.24) is 0 Å². The topological polar surface area (TPSA) is 27.7 Å². The van der Waals surface area contributed by atoms with Gasteiger partial charge in [0.05, 0.1) is 12.2 Å². The highest BCUT2D eigenvalue weighted by Crippen LogP contribution is 2.52. The Labute approximate surface area is 104 Å². The summed E-state index contributed by atoms with van der Waals surface area (Å²) in [6, 6.07) is 0. The molecule has 5 heteroatoms. The van der Waals surface area contributed by atoms with Crippen molar-refractivity contribution in [3.63, 3.8) is 0 Å². The van der Waals surface area contributed by atoms with Crippen molar-refractivity contribution < 1.29 is 13.6 Å². The molecule has 0 aliphatic heterocycles. The summed E-state index contributed by atoms with van der Waals surface area (Å²) in [6.07, 6.45) is 6.92. The van der Waals surface area contributed by atoms with Crippen molar-refractivity contribution in [1.29, 1.82) is 0 Å². The molecule has 0 aromatic heterocycles. The monoisotopic (exact) mass is 264 g/mol. The first-order chi connectivity index (χ1) is 7.47. The van der Waals surface area contributed by atoms with E-state index in [9.17, 15) is 0 Å². The summed E-state index contributed by atoms with van der Waals surface area (Å²) in [5.74, 6) is 2.38. The first-order valence-corrected chi connectivity index (χ1v) is 8.07. The Balaban J connectivity index is 4.48. The van der Waals surface area contributed by atoms with E-state index in [4.69, 9.17) is 31.8 Å². The van der Waals surface area contributed by atoms with Gasteiger partial charge in [-0.15, -0.1) is 6.42 Å². The van der Waals surface area contributed by atoms with E-state index in [-0.39, 0.29) is 18.8 Å². The molecule has 0 aromatic carbocycles. The van der Waals surface area contributed by atoms with Crippen LogP contribution in [0.1, 0.15) is 40.5 Å². The average Bonchev–Trinajstić information content (AvgIpc) is 2.25. The van der Waals surface area contributed by atoms with Gasteiger partial charge < -0.3 is 9.05 Å². The summed E-state index contributed by atoms with van der Waals surface area (Å²) >= 11 is 5.30. The number of rotatable bonds is 8. The Bertz CT molecular complexity index is 259. The second-order valence-corrected chi connectivity index (χ2v) is 6.49. The molecule has 2 atom stereocenters. The molecule has 0 rings (SSSR count). The minimum Gasteiger partial charge on any atom is -0.306 e. The van der Waals surface area contributed by atoms with Gasteiger partial charge in [0.25, 0.3) is 0 Å². The Morgan fingerprint density at radius 2 is 1.62 bits per heavy atom. The first-order valence-electron chi connectivity index (χ1n) is 5.52. The number of hydrogen-bond acceptors (Lipinski definition) is 4. The molecule has 0 N–H and O–H groups in total. The van der Waals surface area contributed by atoms with Crippen molar-refractivity contribution in [2.75, 3.05) is 6.61 Å². The molecule has 0 amide bonds. The molecule has 0 aromatic rings. The molecule has 2 unspecified atom stereocenters. The highest BCUT2D eigenvalue weighted by molar-refractivity contribution is 8.07. The summed E-state index contributed by atoms with van der Waals surface area (Å²) in [7, 11) is 0. The smallest absolute Gasteiger partial charge is 0.306 e. The Hall–Kier alpha value is 0.0900. The lowest BCUT2D eigenvalue weighted by Crippen LogP contribution is -2.13. The van der Waals surface area contributed by atoms with Gasteiger partial charge in [-0.1, -0.05) is 19.8 Å². The van der Waals surface area contributed by atoms with E-state index in [1.807, 2.05) is 27.7 Å². The van der Waals surface area contributed by atoms with Crippen molar-refractivity contribution in [3.05, 3.63) is 0 Å². The third-order valence-electron chi connectivity index (χ3n) is 2.07. The lowest BCUT2D eigenvalue weighted by Gasteiger charge is -2.26. The van der Waals surface area contributed by atoms with Crippen LogP contribution in [0.2, 0.25) is 0 Å². The van der Waals surface area contributed by atoms with Gasteiger partial charge in [0.1, 0.15) is 6.61 Å². The molecular formula is C11H21O3PS. The molecule has 0 aliphatic rings.